The SMILES string of the molecule is CCOc1cccc2c1OC1(C)CC2NC(=S)N1Cc1ccc(OC)cc1. The molecule has 0 radical (unpaired) electrons. The molecule has 2 aliphatic rings. The van der Waals surface area contributed by atoms with Crippen LogP contribution < -0.4 is 19.5 Å². The lowest BCUT2D eigenvalue weighted by atomic mass is 9.90. The van der Waals surface area contributed by atoms with Gasteiger partial charge in [0.2, 0.25) is 0 Å². The molecule has 6 heteroatoms. The predicted octanol–water partition coefficient (Wildman–Crippen LogP) is 4.02. The minimum atomic E-state index is -0.535. The van der Waals surface area contributed by atoms with E-state index in [1.54, 1.807) is 7.11 Å². The number of nitrogens with one attached hydrogen (secondary N) is 1. The van der Waals surface area contributed by atoms with Gasteiger partial charge in [0.05, 0.1) is 19.8 Å². The summed E-state index contributed by atoms with van der Waals surface area (Å²) >= 11 is 5.69. The van der Waals surface area contributed by atoms with Crippen molar-refractivity contribution in [2.24, 2.45) is 0 Å². The summed E-state index contributed by atoms with van der Waals surface area (Å²) in [5.74, 6) is 2.44. The van der Waals surface area contributed by atoms with Gasteiger partial charge in [-0.05, 0) is 49.8 Å². The van der Waals surface area contributed by atoms with Gasteiger partial charge in [-0.1, -0.05) is 24.3 Å². The van der Waals surface area contributed by atoms with Crippen molar-refractivity contribution in [2.75, 3.05) is 13.7 Å². The van der Waals surface area contributed by atoms with E-state index < -0.39 is 5.72 Å². The zero-order valence-electron chi connectivity index (χ0n) is 15.8. The Hall–Kier alpha value is -2.47. The molecule has 0 spiro atoms. The van der Waals surface area contributed by atoms with E-state index in [4.69, 9.17) is 26.4 Å². The summed E-state index contributed by atoms with van der Waals surface area (Å²) in [5, 5.41) is 4.19. The van der Waals surface area contributed by atoms with Crippen LogP contribution >= 0.6 is 12.2 Å². The first kappa shape index (κ1) is 17.9. The van der Waals surface area contributed by atoms with E-state index in [0.29, 0.717) is 18.3 Å². The Morgan fingerprint density at radius 2 is 2.04 bits per heavy atom. The normalized spacial score (nSPS) is 23.1. The monoisotopic (exact) mass is 384 g/mol. The number of methoxy groups -OCH3 is 1. The van der Waals surface area contributed by atoms with Crippen LogP contribution in [0.2, 0.25) is 0 Å². The molecular weight excluding hydrogens is 360 g/mol. The van der Waals surface area contributed by atoms with E-state index >= 15 is 0 Å². The van der Waals surface area contributed by atoms with Gasteiger partial charge < -0.3 is 24.4 Å². The molecule has 2 bridgehead atoms. The van der Waals surface area contributed by atoms with E-state index in [1.165, 1.54) is 0 Å². The topological polar surface area (TPSA) is 43.0 Å². The molecule has 2 unspecified atom stereocenters. The highest BCUT2D eigenvalue weighted by Crippen LogP contribution is 2.48. The van der Waals surface area contributed by atoms with Crippen molar-refractivity contribution in [3.63, 3.8) is 0 Å². The molecule has 1 saturated heterocycles. The molecule has 0 amide bonds. The zero-order valence-corrected chi connectivity index (χ0v) is 16.6. The number of nitrogens with zero attached hydrogens (tertiary/aromatic N) is 1. The summed E-state index contributed by atoms with van der Waals surface area (Å²) in [6.07, 6.45) is 0.811. The molecule has 2 aromatic rings. The fourth-order valence-corrected chi connectivity index (χ4v) is 4.22. The van der Waals surface area contributed by atoms with Gasteiger partial charge in [-0.2, -0.15) is 0 Å². The summed E-state index contributed by atoms with van der Waals surface area (Å²) < 4.78 is 17.6. The van der Waals surface area contributed by atoms with E-state index in [1.807, 2.05) is 31.2 Å². The van der Waals surface area contributed by atoms with Crippen LogP contribution in [0.25, 0.3) is 0 Å². The van der Waals surface area contributed by atoms with Crippen LogP contribution in [0.15, 0.2) is 42.5 Å². The first-order valence-corrected chi connectivity index (χ1v) is 9.60. The first-order valence-electron chi connectivity index (χ1n) is 9.20. The summed E-state index contributed by atoms with van der Waals surface area (Å²) in [6.45, 7) is 5.34. The van der Waals surface area contributed by atoms with Crippen LogP contribution in [0.3, 0.4) is 0 Å². The molecule has 2 aromatic carbocycles. The zero-order chi connectivity index (χ0) is 19.0. The maximum Gasteiger partial charge on any atom is 0.184 e. The fraction of sp³-hybridized carbons (Fsp3) is 0.381. The standard InChI is InChI=1S/C21H24N2O3S/c1-4-25-18-7-5-6-16-17-12-21(2,26-19(16)18)23(20(27)22-17)13-14-8-10-15(24-3)11-9-14/h5-11,17H,4,12-13H2,1-3H3,(H,22,27). The Balaban J connectivity index is 1.66. The molecule has 27 heavy (non-hydrogen) atoms. The van der Waals surface area contributed by atoms with Crippen molar-refractivity contribution in [1.29, 1.82) is 0 Å². The van der Waals surface area contributed by atoms with Gasteiger partial charge in [-0.25, -0.2) is 0 Å². The summed E-state index contributed by atoms with van der Waals surface area (Å²) in [4.78, 5) is 2.12. The molecule has 5 nitrogen and oxygen atoms in total. The number of para-hydroxylation sites is 1. The highest BCUT2D eigenvalue weighted by atomic mass is 32.1. The lowest BCUT2D eigenvalue weighted by Crippen LogP contribution is -2.64. The third-order valence-electron chi connectivity index (χ3n) is 5.20. The van der Waals surface area contributed by atoms with E-state index in [-0.39, 0.29) is 6.04 Å². The Morgan fingerprint density at radius 1 is 1.26 bits per heavy atom. The van der Waals surface area contributed by atoms with Crippen LogP contribution in [0.4, 0.5) is 0 Å². The van der Waals surface area contributed by atoms with Crippen molar-refractivity contribution in [2.45, 2.75) is 38.6 Å². The molecule has 2 heterocycles. The number of fused-ring (bicyclic) bond motifs is 4. The minimum Gasteiger partial charge on any atom is -0.497 e. The molecule has 4 rings (SSSR count). The predicted molar refractivity (Wildman–Crippen MR) is 108 cm³/mol. The summed E-state index contributed by atoms with van der Waals surface area (Å²) in [7, 11) is 1.67. The van der Waals surface area contributed by atoms with Gasteiger partial charge in [0.1, 0.15) is 5.75 Å². The van der Waals surface area contributed by atoms with Crippen molar-refractivity contribution >= 4 is 17.3 Å². The molecule has 1 fully saturated rings. The highest BCUT2D eigenvalue weighted by molar-refractivity contribution is 7.80. The van der Waals surface area contributed by atoms with Crippen molar-refractivity contribution in [3.8, 4) is 17.2 Å². The van der Waals surface area contributed by atoms with Crippen molar-refractivity contribution in [3.05, 3.63) is 53.6 Å². The highest BCUT2D eigenvalue weighted by Gasteiger charge is 2.48. The lowest BCUT2D eigenvalue weighted by Gasteiger charge is -2.52. The van der Waals surface area contributed by atoms with Crippen LogP contribution in [0.1, 0.15) is 37.4 Å². The number of benzene rings is 2. The van der Waals surface area contributed by atoms with Gasteiger partial charge in [-0.3, -0.25) is 0 Å². The minimum absolute atomic E-state index is 0.124. The Morgan fingerprint density at radius 3 is 2.74 bits per heavy atom. The molecule has 2 atom stereocenters. The maximum atomic E-state index is 6.52. The second-order valence-corrected chi connectivity index (χ2v) is 7.41. The third kappa shape index (κ3) is 3.18. The first-order chi connectivity index (χ1) is 13.0. The average Bonchev–Trinajstić information content (AvgIpc) is 2.66. The van der Waals surface area contributed by atoms with Gasteiger partial charge in [0.15, 0.2) is 22.3 Å². The van der Waals surface area contributed by atoms with Crippen molar-refractivity contribution in [1.82, 2.24) is 10.2 Å². The van der Waals surface area contributed by atoms with Crippen LogP contribution in [-0.2, 0) is 6.54 Å². The quantitative estimate of drug-likeness (QED) is 0.786. The molecule has 0 saturated carbocycles. The number of hydrogen-bond donors (Lipinski definition) is 1. The molecule has 0 aromatic heterocycles. The fourth-order valence-electron chi connectivity index (χ4n) is 3.82. The average molecular weight is 385 g/mol. The molecule has 0 aliphatic carbocycles. The van der Waals surface area contributed by atoms with Crippen LogP contribution in [0.5, 0.6) is 17.2 Å². The number of hydrogen-bond acceptors (Lipinski definition) is 4. The number of rotatable bonds is 5. The number of ether oxygens (including phenoxy) is 3. The van der Waals surface area contributed by atoms with Gasteiger partial charge in [0.25, 0.3) is 0 Å². The Bertz CT molecular complexity index is 855. The van der Waals surface area contributed by atoms with E-state index in [2.05, 4.69) is 35.3 Å². The third-order valence-corrected chi connectivity index (χ3v) is 5.54. The van der Waals surface area contributed by atoms with E-state index in [9.17, 15) is 0 Å². The molecular formula is C21H24N2O3S. The summed E-state index contributed by atoms with van der Waals surface area (Å²) in [5.41, 5.74) is 1.71. The maximum absolute atomic E-state index is 6.52. The smallest absolute Gasteiger partial charge is 0.184 e. The number of thiocarbonyl (C=S) groups is 1. The molecule has 1 N–H and O–H groups in total. The Labute approximate surface area is 165 Å². The Kier molecular flexibility index (Phi) is 4.60. The van der Waals surface area contributed by atoms with Crippen molar-refractivity contribution < 1.29 is 14.2 Å². The van der Waals surface area contributed by atoms with Gasteiger partial charge >= 0.3 is 0 Å². The van der Waals surface area contributed by atoms with Gasteiger partial charge in [-0.15, -0.1) is 0 Å². The second kappa shape index (κ2) is 6.93. The van der Waals surface area contributed by atoms with E-state index in [0.717, 1.165) is 34.8 Å². The second-order valence-electron chi connectivity index (χ2n) is 7.03. The van der Waals surface area contributed by atoms with Gasteiger partial charge in [0, 0.05) is 18.5 Å². The molecule has 142 valence electrons. The van der Waals surface area contributed by atoms with Crippen LogP contribution in [0, 0.1) is 0 Å². The summed E-state index contributed by atoms with van der Waals surface area (Å²) in [6, 6.07) is 14.2. The largest absolute Gasteiger partial charge is 0.497 e. The lowest BCUT2D eigenvalue weighted by molar-refractivity contribution is -0.0738. The molecule has 2 aliphatic heterocycles. The van der Waals surface area contributed by atoms with Crippen LogP contribution in [-0.4, -0.2) is 29.5 Å².